The Morgan fingerprint density at radius 1 is 1.24 bits per heavy atom. The van der Waals surface area contributed by atoms with Crippen LogP contribution in [0.25, 0.3) is 0 Å². The molecule has 0 saturated carbocycles. The average Bonchev–Trinajstić information content (AvgIpc) is 2.61. The van der Waals surface area contributed by atoms with Crippen molar-refractivity contribution in [3.8, 4) is 11.5 Å². The Morgan fingerprint density at radius 2 is 1.92 bits per heavy atom. The molecule has 0 spiro atoms. The number of hydrogen-bond donors (Lipinski definition) is 1. The number of rotatable bonds is 7. The molecule has 1 N–H and O–H groups in total. The molecule has 25 heavy (non-hydrogen) atoms. The highest BCUT2D eigenvalue weighted by molar-refractivity contribution is 7.89. The molecule has 7 nitrogen and oxygen atoms in total. The van der Waals surface area contributed by atoms with Crippen molar-refractivity contribution in [2.45, 2.75) is 19.8 Å². The third kappa shape index (κ3) is 5.09. The van der Waals surface area contributed by atoms with Crippen LogP contribution in [0.5, 0.6) is 11.5 Å². The smallest absolute Gasteiger partial charge is 0.255 e. The molecule has 0 bridgehead atoms. The summed E-state index contributed by atoms with van der Waals surface area (Å²) in [6, 6.07) is 4.86. The molecule has 0 atom stereocenters. The Bertz CT molecular complexity index is 697. The predicted molar refractivity (Wildman–Crippen MR) is 95.6 cm³/mol. The Hall–Kier alpha value is -1.80. The molecule has 1 aliphatic heterocycles. The number of nitrogens with one attached hydrogen (secondary N) is 1. The first kappa shape index (κ1) is 19.5. The summed E-state index contributed by atoms with van der Waals surface area (Å²) in [4.78, 5) is 12.3. The first-order chi connectivity index (χ1) is 11.9. The van der Waals surface area contributed by atoms with Crippen molar-refractivity contribution in [2.75, 3.05) is 39.6 Å². The Morgan fingerprint density at radius 3 is 2.52 bits per heavy atom. The molecule has 1 aromatic rings. The maximum atomic E-state index is 12.4. The molecule has 0 radical (unpaired) electrons. The third-order valence-electron chi connectivity index (χ3n) is 4.43. The monoisotopic (exact) mass is 370 g/mol. The van der Waals surface area contributed by atoms with E-state index in [0.717, 1.165) is 12.8 Å². The van der Waals surface area contributed by atoms with Crippen LogP contribution >= 0.6 is 0 Å². The lowest BCUT2D eigenvalue weighted by Crippen LogP contribution is -2.41. The molecule has 140 valence electrons. The molecule has 0 aliphatic carbocycles. The minimum atomic E-state index is -3.34. The van der Waals surface area contributed by atoms with E-state index in [1.54, 1.807) is 18.2 Å². The van der Waals surface area contributed by atoms with Gasteiger partial charge in [-0.3, -0.25) is 4.79 Å². The van der Waals surface area contributed by atoms with Gasteiger partial charge in [0.25, 0.3) is 5.91 Å². The quantitative estimate of drug-likeness (QED) is 0.786. The average molecular weight is 370 g/mol. The number of hydrogen-bond acceptors (Lipinski definition) is 5. The van der Waals surface area contributed by atoms with Crippen LogP contribution in [0.3, 0.4) is 0 Å². The summed E-state index contributed by atoms with van der Waals surface area (Å²) in [7, 11) is -0.349. The molecule has 1 fully saturated rings. The van der Waals surface area contributed by atoms with Crippen LogP contribution in [-0.4, -0.2) is 58.2 Å². The van der Waals surface area contributed by atoms with Crippen molar-refractivity contribution < 1.29 is 22.7 Å². The number of methoxy groups -OCH3 is 2. The first-order valence-electron chi connectivity index (χ1n) is 8.35. The van der Waals surface area contributed by atoms with Gasteiger partial charge >= 0.3 is 0 Å². The Balaban J connectivity index is 1.92. The maximum Gasteiger partial charge on any atom is 0.255 e. The molecule has 0 aromatic heterocycles. The van der Waals surface area contributed by atoms with Gasteiger partial charge < -0.3 is 14.8 Å². The largest absolute Gasteiger partial charge is 0.497 e. The third-order valence-corrected chi connectivity index (χ3v) is 6.31. The number of amides is 1. The zero-order chi connectivity index (χ0) is 18.4. The van der Waals surface area contributed by atoms with Gasteiger partial charge in [0.1, 0.15) is 11.5 Å². The summed E-state index contributed by atoms with van der Waals surface area (Å²) in [5.74, 6) is 1.04. The normalized spacial score (nSPS) is 16.4. The second kappa shape index (κ2) is 8.53. The summed E-state index contributed by atoms with van der Waals surface area (Å²) < 4.78 is 36.5. The number of sulfonamides is 1. The number of carbonyl (C=O) groups excluding carboxylic acids is 1. The van der Waals surface area contributed by atoms with Crippen molar-refractivity contribution >= 4 is 15.9 Å². The van der Waals surface area contributed by atoms with Gasteiger partial charge in [-0.05, 0) is 30.9 Å². The van der Waals surface area contributed by atoms with E-state index in [0.29, 0.717) is 36.1 Å². The van der Waals surface area contributed by atoms with Crippen LogP contribution in [0.15, 0.2) is 18.2 Å². The van der Waals surface area contributed by atoms with Crippen molar-refractivity contribution in [3.05, 3.63) is 23.8 Å². The van der Waals surface area contributed by atoms with E-state index in [4.69, 9.17) is 9.47 Å². The Labute approximate surface area is 149 Å². The number of benzene rings is 1. The fraction of sp³-hybridized carbons (Fsp3) is 0.588. The number of ether oxygens (including phenoxy) is 2. The van der Waals surface area contributed by atoms with Gasteiger partial charge in [0.05, 0.1) is 25.5 Å². The summed E-state index contributed by atoms with van der Waals surface area (Å²) in [6.45, 7) is 3.31. The van der Waals surface area contributed by atoms with Crippen LogP contribution in [0.2, 0.25) is 0 Å². The first-order valence-corrected chi connectivity index (χ1v) is 9.96. The van der Waals surface area contributed by atoms with Crippen LogP contribution < -0.4 is 14.8 Å². The highest BCUT2D eigenvalue weighted by atomic mass is 32.2. The fourth-order valence-corrected chi connectivity index (χ4v) is 4.15. The molecule has 2 rings (SSSR count). The minimum absolute atomic E-state index is 0.0579. The van der Waals surface area contributed by atoms with E-state index in [1.807, 2.05) is 0 Å². The lowest BCUT2D eigenvalue weighted by atomic mass is 10.0. The number of nitrogens with zero attached hydrogens (tertiary/aromatic N) is 1. The molecule has 1 aliphatic rings. The zero-order valence-corrected chi connectivity index (χ0v) is 15.8. The topological polar surface area (TPSA) is 84.9 Å². The molecular formula is C17H26N2O5S. The van der Waals surface area contributed by atoms with Crippen LogP contribution in [0.1, 0.15) is 30.1 Å². The fourth-order valence-electron chi connectivity index (χ4n) is 2.77. The van der Waals surface area contributed by atoms with E-state index >= 15 is 0 Å². The highest BCUT2D eigenvalue weighted by Crippen LogP contribution is 2.24. The summed E-state index contributed by atoms with van der Waals surface area (Å²) in [5.41, 5.74) is 0.340. The maximum absolute atomic E-state index is 12.4. The standard InChI is InChI=1S/C17H26N2O5S/c1-13-6-9-19(10-7-13)25(21,22)11-8-18-17(20)15-5-4-14(23-2)12-16(15)24-3/h4-5,12-13H,6-11H2,1-3H3,(H,18,20). The zero-order valence-electron chi connectivity index (χ0n) is 14.9. The molecule has 1 saturated heterocycles. The minimum Gasteiger partial charge on any atom is -0.497 e. The van der Waals surface area contributed by atoms with Crippen molar-refractivity contribution in [3.63, 3.8) is 0 Å². The van der Waals surface area contributed by atoms with E-state index in [-0.39, 0.29) is 18.2 Å². The van der Waals surface area contributed by atoms with Gasteiger partial charge in [0.2, 0.25) is 10.0 Å². The molecule has 1 aromatic carbocycles. The molecule has 1 amide bonds. The van der Waals surface area contributed by atoms with E-state index < -0.39 is 10.0 Å². The molecule has 8 heteroatoms. The van der Waals surface area contributed by atoms with E-state index in [9.17, 15) is 13.2 Å². The van der Waals surface area contributed by atoms with Gasteiger partial charge in [-0.1, -0.05) is 6.92 Å². The molecule has 1 heterocycles. The highest BCUT2D eigenvalue weighted by Gasteiger charge is 2.26. The second-order valence-electron chi connectivity index (χ2n) is 6.22. The van der Waals surface area contributed by atoms with Gasteiger partial charge in [-0.25, -0.2) is 12.7 Å². The molecule has 0 unspecified atom stereocenters. The van der Waals surface area contributed by atoms with Crippen molar-refractivity contribution in [1.82, 2.24) is 9.62 Å². The van der Waals surface area contributed by atoms with Gasteiger partial charge in [-0.15, -0.1) is 0 Å². The van der Waals surface area contributed by atoms with Gasteiger partial charge in [0, 0.05) is 25.7 Å². The van der Waals surface area contributed by atoms with Crippen LogP contribution in [0.4, 0.5) is 0 Å². The van der Waals surface area contributed by atoms with Gasteiger partial charge in [-0.2, -0.15) is 0 Å². The van der Waals surface area contributed by atoms with Crippen LogP contribution in [0, 0.1) is 5.92 Å². The van der Waals surface area contributed by atoms with E-state index in [2.05, 4.69) is 12.2 Å². The van der Waals surface area contributed by atoms with E-state index in [1.165, 1.54) is 18.5 Å². The molecular weight excluding hydrogens is 344 g/mol. The Kier molecular flexibility index (Phi) is 6.66. The van der Waals surface area contributed by atoms with Gasteiger partial charge in [0.15, 0.2) is 0 Å². The second-order valence-corrected chi connectivity index (χ2v) is 8.31. The van der Waals surface area contributed by atoms with Crippen molar-refractivity contribution in [1.29, 1.82) is 0 Å². The predicted octanol–water partition coefficient (Wildman–Crippen LogP) is 1.50. The SMILES string of the molecule is COc1ccc(C(=O)NCCS(=O)(=O)N2CCC(C)CC2)c(OC)c1. The van der Waals surface area contributed by atoms with Crippen LogP contribution in [-0.2, 0) is 10.0 Å². The summed E-state index contributed by atoms with van der Waals surface area (Å²) >= 11 is 0. The lowest BCUT2D eigenvalue weighted by Gasteiger charge is -2.29. The number of carbonyl (C=O) groups is 1. The number of piperidine rings is 1. The summed E-state index contributed by atoms with van der Waals surface area (Å²) in [6.07, 6.45) is 1.77. The summed E-state index contributed by atoms with van der Waals surface area (Å²) in [5, 5.41) is 2.65. The van der Waals surface area contributed by atoms with Crippen molar-refractivity contribution in [2.24, 2.45) is 5.92 Å². The lowest BCUT2D eigenvalue weighted by molar-refractivity contribution is 0.0953.